The first-order valence-corrected chi connectivity index (χ1v) is 9.17. The molecule has 0 bridgehead atoms. The van der Waals surface area contributed by atoms with E-state index < -0.39 is 10.0 Å². The van der Waals surface area contributed by atoms with Gasteiger partial charge in [-0.15, -0.1) is 0 Å². The number of aryl methyl sites for hydroxylation is 1. The van der Waals surface area contributed by atoms with Crippen LogP contribution >= 0.6 is 31.9 Å². The van der Waals surface area contributed by atoms with Gasteiger partial charge in [-0.05, 0) is 64.3 Å². The molecule has 2 aromatic rings. The molecule has 0 aliphatic heterocycles. The van der Waals surface area contributed by atoms with Gasteiger partial charge in [-0.3, -0.25) is 4.72 Å². The molecule has 2 aromatic carbocycles. The molecule has 0 unspecified atom stereocenters. The van der Waals surface area contributed by atoms with Crippen LogP contribution in [0.4, 0.5) is 5.69 Å². The van der Waals surface area contributed by atoms with Crippen LogP contribution in [0.1, 0.15) is 11.1 Å². The van der Waals surface area contributed by atoms with Crippen LogP contribution in [-0.4, -0.2) is 8.42 Å². The minimum absolute atomic E-state index is 0.178. The highest BCUT2D eigenvalue weighted by atomic mass is 79.9. The van der Waals surface area contributed by atoms with Crippen molar-refractivity contribution in [1.29, 1.82) is 0 Å². The summed E-state index contributed by atoms with van der Waals surface area (Å²) in [5.74, 6) is 0. The maximum atomic E-state index is 12.5. The van der Waals surface area contributed by atoms with Crippen molar-refractivity contribution in [1.82, 2.24) is 0 Å². The number of halogens is 2. The lowest BCUT2D eigenvalue weighted by Gasteiger charge is -2.11. The second kappa shape index (κ2) is 6.48. The van der Waals surface area contributed by atoms with E-state index in [1.165, 1.54) is 0 Å². The highest BCUT2D eigenvalue weighted by Gasteiger charge is 2.18. The summed E-state index contributed by atoms with van der Waals surface area (Å²) in [5, 5.41) is 0. The highest BCUT2D eigenvalue weighted by Crippen LogP contribution is 2.27. The van der Waals surface area contributed by atoms with E-state index in [9.17, 15) is 8.42 Å². The molecule has 0 fully saturated rings. The lowest BCUT2D eigenvalue weighted by Crippen LogP contribution is -2.14. The highest BCUT2D eigenvalue weighted by molar-refractivity contribution is 9.10. The van der Waals surface area contributed by atoms with Crippen molar-refractivity contribution in [2.75, 3.05) is 4.72 Å². The van der Waals surface area contributed by atoms with Gasteiger partial charge in [0.05, 0.1) is 5.69 Å². The minimum atomic E-state index is -3.66. The summed E-state index contributed by atoms with van der Waals surface area (Å²) in [5.41, 5.74) is 7.87. The molecule has 0 saturated carbocycles. The van der Waals surface area contributed by atoms with Gasteiger partial charge in [-0.25, -0.2) is 8.42 Å². The molecule has 21 heavy (non-hydrogen) atoms. The largest absolute Gasteiger partial charge is 0.326 e. The van der Waals surface area contributed by atoms with Crippen LogP contribution in [0.3, 0.4) is 0 Å². The van der Waals surface area contributed by atoms with Crippen LogP contribution in [-0.2, 0) is 16.6 Å². The van der Waals surface area contributed by atoms with Crippen molar-refractivity contribution >= 4 is 47.6 Å². The monoisotopic (exact) mass is 432 g/mol. The summed E-state index contributed by atoms with van der Waals surface area (Å²) in [6.07, 6.45) is 0. The average Bonchev–Trinajstić information content (AvgIpc) is 2.36. The molecule has 0 spiro atoms. The summed E-state index contributed by atoms with van der Waals surface area (Å²) in [6.45, 7) is 2.26. The number of nitrogens with two attached hydrogens (primary N) is 1. The van der Waals surface area contributed by atoms with Crippen molar-refractivity contribution < 1.29 is 8.42 Å². The zero-order valence-corrected chi connectivity index (χ0v) is 15.2. The Morgan fingerprint density at radius 2 is 1.86 bits per heavy atom. The van der Waals surface area contributed by atoms with E-state index in [0.29, 0.717) is 16.7 Å². The van der Waals surface area contributed by atoms with Crippen molar-refractivity contribution in [3.05, 3.63) is 56.5 Å². The van der Waals surface area contributed by atoms with Crippen molar-refractivity contribution in [2.45, 2.75) is 18.4 Å². The number of hydrogen-bond acceptors (Lipinski definition) is 3. The summed E-state index contributed by atoms with van der Waals surface area (Å²) < 4.78 is 28.8. The maximum Gasteiger partial charge on any atom is 0.263 e. The topological polar surface area (TPSA) is 72.2 Å². The van der Waals surface area contributed by atoms with Crippen LogP contribution in [0.15, 0.2) is 50.2 Å². The minimum Gasteiger partial charge on any atom is -0.326 e. The molecule has 0 amide bonds. The Balaban J connectivity index is 2.38. The fourth-order valence-electron chi connectivity index (χ4n) is 1.89. The molecule has 0 atom stereocenters. The van der Waals surface area contributed by atoms with Gasteiger partial charge in [0, 0.05) is 15.5 Å². The van der Waals surface area contributed by atoms with Gasteiger partial charge in [0.25, 0.3) is 10.0 Å². The number of nitrogens with one attached hydrogen (secondary N) is 1. The van der Waals surface area contributed by atoms with Crippen LogP contribution in [0.2, 0.25) is 0 Å². The molecular formula is C14H14Br2N2O2S. The van der Waals surface area contributed by atoms with Gasteiger partial charge in [0.15, 0.2) is 0 Å². The van der Waals surface area contributed by atoms with E-state index in [-0.39, 0.29) is 4.90 Å². The lowest BCUT2D eigenvalue weighted by atomic mass is 10.2. The molecule has 0 heterocycles. The predicted molar refractivity (Wildman–Crippen MR) is 91.7 cm³/mol. The summed E-state index contributed by atoms with van der Waals surface area (Å²) in [7, 11) is -3.66. The lowest BCUT2D eigenvalue weighted by molar-refractivity contribution is 0.600. The second-order valence-electron chi connectivity index (χ2n) is 4.59. The molecule has 4 nitrogen and oxygen atoms in total. The number of anilines is 1. The molecule has 0 aliphatic rings. The molecule has 112 valence electrons. The summed E-state index contributed by atoms with van der Waals surface area (Å²) >= 11 is 6.63. The van der Waals surface area contributed by atoms with Crippen LogP contribution in [0.5, 0.6) is 0 Å². The van der Waals surface area contributed by atoms with E-state index in [1.807, 2.05) is 13.0 Å². The molecule has 0 saturated heterocycles. The van der Waals surface area contributed by atoms with E-state index in [0.717, 1.165) is 15.6 Å². The van der Waals surface area contributed by atoms with Gasteiger partial charge < -0.3 is 5.73 Å². The molecular weight excluding hydrogens is 420 g/mol. The van der Waals surface area contributed by atoms with Gasteiger partial charge in [-0.2, -0.15) is 0 Å². The van der Waals surface area contributed by atoms with Gasteiger partial charge in [0.2, 0.25) is 0 Å². The van der Waals surface area contributed by atoms with Gasteiger partial charge >= 0.3 is 0 Å². The van der Waals surface area contributed by atoms with Crippen LogP contribution in [0, 0.1) is 6.92 Å². The Labute approximate surface area is 141 Å². The molecule has 3 N–H and O–H groups in total. The summed E-state index contributed by atoms with van der Waals surface area (Å²) in [6, 6.07) is 10.3. The third-order valence-electron chi connectivity index (χ3n) is 2.82. The van der Waals surface area contributed by atoms with E-state index in [2.05, 4.69) is 36.6 Å². The normalized spacial score (nSPS) is 11.4. The fourth-order valence-corrected chi connectivity index (χ4v) is 4.67. The Hall–Kier alpha value is -0.890. The fraction of sp³-hybridized carbons (Fsp3) is 0.143. The number of benzene rings is 2. The summed E-state index contributed by atoms with van der Waals surface area (Å²) in [4.78, 5) is 0.178. The third-order valence-corrected chi connectivity index (χ3v) is 5.63. The molecule has 0 aliphatic carbocycles. The quantitative estimate of drug-likeness (QED) is 0.770. The maximum absolute atomic E-state index is 12.5. The zero-order chi connectivity index (χ0) is 15.6. The van der Waals surface area contributed by atoms with Crippen molar-refractivity contribution in [2.24, 2.45) is 5.73 Å². The van der Waals surface area contributed by atoms with Crippen LogP contribution in [0.25, 0.3) is 0 Å². The van der Waals surface area contributed by atoms with Gasteiger partial charge in [0.1, 0.15) is 4.90 Å². The second-order valence-corrected chi connectivity index (χ2v) is 8.01. The predicted octanol–water partition coefficient (Wildman–Crippen LogP) is 3.78. The Morgan fingerprint density at radius 1 is 1.14 bits per heavy atom. The number of hydrogen-bond donors (Lipinski definition) is 2. The SMILES string of the molecule is Cc1cc(Br)cc(NS(=O)(=O)c2ccc(CN)cc2Br)c1. The van der Waals surface area contributed by atoms with E-state index in [4.69, 9.17) is 5.73 Å². The first kappa shape index (κ1) is 16.5. The zero-order valence-electron chi connectivity index (χ0n) is 11.2. The average molecular weight is 434 g/mol. The van der Waals surface area contributed by atoms with Gasteiger partial charge in [-0.1, -0.05) is 22.0 Å². The van der Waals surface area contributed by atoms with E-state index in [1.54, 1.807) is 30.3 Å². The smallest absolute Gasteiger partial charge is 0.263 e. The Kier molecular flexibility index (Phi) is 5.08. The van der Waals surface area contributed by atoms with Crippen molar-refractivity contribution in [3.8, 4) is 0 Å². The first-order chi connectivity index (χ1) is 9.81. The van der Waals surface area contributed by atoms with Crippen molar-refractivity contribution in [3.63, 3.8) is 0 Å². The standard InChI is InChI=1S/C14H14Br2N2O2S/c1-9-4-11(15)7-12(5-9)18-21(19,20)14-3-2-10(8-17)6-13(14)16/h2-7,18H,8,17H2,1H3. The molecule has 0 radical (unpaired) electrons. The first-order valence-electron chi connectivity index (χ1n) is 6.10. The Bertz CT molecular complexity index is 756. The number of rotatable bonds is 4. The van der Waals surface area contributed by atoms with E-state index >= 15 is 0 Å². The molecule has 0 aromatic heterocycles. The Morgan fingerprint density at radius 3 is 2.43 bits per heavy atom. The molecule has 2 rings (SSSR count). The third kappa shape index (κ3) is 4.06. The molecule has 7 heteroatoms. The van der Waals surface area contributed by atoms with Crippen LogP contribution < -0.4 is 10.5 Å². The number of sulfonamides is 1.